The summed E-state index contributed by atoms with van der Waals surface area (Å²) in [5, 5.41) is 3.01. The molecule has 4 heteroatoms. The van der Waals surface area contributed by atoms with Crippen molar-refractivity contribution in [3.63, 3.8) is 0 Å². The zero-order valence-electron chi connectivity index (χ0n) is 14.3. The van der Waals surface area contributed by atoms with Crippen LogP contribution in [0.3, 0.4) is 0 Å². The molecule has 2 aromatic carbocycles. The first-order valence-corrected chi connectivity index (χ1v) is 9.05. The highest BCUT2D eigenvalue weighted by atomic mass is 19.1. The lowest BCUT2D eigenvalue weighted by atomic mass is 9.94. The van der Waals surface area contributed by atoms with Crippen LogP contribution in [0.2, 0.25) is 0 Å². The van der Waals surface area contributed by atoms with E-state index in [1.54, 1.807) is 18.2 Å². The molecule has 1 aliphatic carbocycles. The van der Waals surface area contributed by atoms with Gasteiger partial charge in [-0.3, -0.25) is 9.69 Å². The molecule has 0 radical (unpaired) electrons. The monoisotopic (exact) mass is 338 g/mol. The van der Waals surface area contributed by atoms with E-state index in [2.05, 4.69) is 16.3 Å². The highest BCUT2D eigenvalue weighted by Crippen LogP contribution is 2.49. The molecule has 2 aromatic rings. The van der Waals surface area contributed by atoms with Crippen LogP contribution >= 0.6 is 0 Å². The fraction of sp³-hybridized carbons (Fsp3) is 0.381. The van der Waals surface area contributed by atoms with E-state index in [0.29, 0.717) is 18.4 Å². The van der Waals surface area contributed by atoms with Crippen molar-refractivity contribution in [1.29, 1.82) is 0 Å². The molecule has 25 heavy (non-hydrogen) atoms. The van der Waals surface area contributed by atoms with Crippen LogP contribution in [0.5, 0.6) is 0 Å². The molecule has 1 saturated heterocycles. The second kappa shape index (κ2) is 6.60. The predicted octanol–water partition coefficient (Wildman–Crippen LogP) is 4.09. The first-order chi connectivity index (χ1) is 12.2. The largest absolute Gasteiger partial charge is 0.325 e. The van der Waals surface area contributed by atoms with E-state index in [1.165, 1.54) is 24.5 Å². The van der Waals surface area contributed by atoms with Gasteiger partial charge in [0, 0.05) is 17.8 Å². The van der Waals surface area contributed by atoms with Crippen molar-refractivity contribution in [3.05, 3.63) is 65.5 Å². The third-order valence-corrected chi connectivity index (χ3v) is 5.36. The number of rotatable bonds is 5. The number of carbonyl (C=O) groups excluding carboxylic acids is 1. The normalized spacial score (nSPS) is 18.9. The molecular formula is C21H23FN2O. The zero-order chi connectivity index (χ0) is 17.3. The number of halogens is 1. The van der Waals surface area contributed by atoms with Gasteiger partial charge in [0.15, 0.2) is 0 Å². The van der Waals surface area contributed by atoms with Crippen molar-refractivity contribution < 1.29 is 9.18 Å². The number of likely N-dealkylation sites (tertiary alicyclic amines) is 1. The molecule has 4 rings (SSSR count). The van der Waals surface area contributed by atoms with E-state index in [9.17, 15) is 9.18 Å². The predicted molar refractivity (Wildman–Crippen MR) is 96.9 cm³/mol. The van der Waals surface area contributed by atoms with Crippen LogP contribution in [0.25, 0.3) is 0 Å². The molecule has 0 atom stereocenters. The number of amides is 1. The number of nitrogens with zero attached hydrogens (tertiary/aromatic N) is 1. The van der Waals surface area contributed by atoms with Crippen molar-refractivity contribution >= 4 is 11.6 Å². The van der Waals surface area contributed by atoms with Crippen LogP contribution in [-0.2, 0) is 16.8 Å². The van der Waals surface area contributed by atoms with Gasteiger partial charge in [0.25, 0.3) is 0 Å². The Labute approximate surface area is 147 Å². The Morgan fingerprint density at radius 2 is 1.84 bits per heavy atom. The molecule has 2 fully saturated rings. The molecule has 0 unspecified atom stereocenters. The summed E-state index contributed by atoms with van der Waals surface area (Å²) in [7, 11) is 0. The first kappa shape index (κ1) is 16.3. The highest BCUT2D eigenvalue weighted by molar-refractivity contribution is 6.01. The summed E-state index contributed by atoms with van der Waals surface area (Å²) in [6, 6.07) is 14.6. The van der Waals surface area contributed by atoms with Gasteiger partial charge in [-0.1, -0.05) is 30.3 Å². The SMILES string of the molecule is O=C(Nc1cccc(CN2CCCC2)c1)C1(c2ccccc2F)CC1. The average molecular weight is 338 g/mol. The van der Waals surface area contributed by atoms with E-state index in [0.717, 1.165) is 25.3 Å². The van der Waals surface area contributed by atoms with Crippen LogP contribution in [0, 0.1) is 5.82 Å². The second-order valence-electron chi connectivity index (χ2n) is 7.20. The molecule has 130 valence electrons. The summed E-state index contributed by atoms with van der Waals surface area (Å²) in [4.78, 5) is 15.3. The quantitative estimate of drug-likeness (QED) is 0.890. The smallest absolute Gasteiger partial charge is 0.235 e. The van der Waals surface area contributed by atoms with Crippen LogP contribution in [-0.4, -0.2) is 23.9 Å². The number of hydrogen-bond donors (Lipinski definition) is 1. The molecule has 1 saturated carbocycles. The number of carbonyl (C=O) groups is 1. The van der Waals surface area contributed by atoms with Gasteiger partial charge in [0.05, 0.1) is 5.41 Å². The molecule has 2 aliphatic rings. The summed E-state index contributed by atoms with van der Waals surface area (Å²) < 4.78 is 14.1. The topological polar surface area (TPSA) is 32.3 Å². The number of anilines is 1. The maximum atomic E-state index is 14.1. The lowest BCUT2D eigenvalue weighted by Crippen LogP contribution is -2.28. The lowest BCUT2D eigenvalue weighted by Gasteiger charge is -2.18. The van der Waals surface area contributed by atoms with Gasteiger partial charge in [-0.15, -0.1) is 0 Å². The average Bonchev–Trinajstić information content (AvgIpc) is 3.26. The zero-order valence-corrected chi connectivity index (χ0v) is 14.3. The Hall–Kier alpha value is -2.20. The Balaban J connectivity index is 1.48. The maximum Gasteiger partial charge on any atom is 0.235 e. The fourth-order valence-corrected chi connectivity index (χ4v) is 3.79. The summed E-state index contributed by atoms with van der Waals surface area (Å²) in [5.41, 5.74) is 1.82. The van der Waals surface area contributed by atoms with E-state index >= 15 is 0 Å². The molecule has 1 aliphatic heterocycles. The molecule has 1 heterocycles. The van der Waals surface area contributed by atoms with Crippen molar-refractivity contribution in [2.24, 2.45) is 0 Å². The summed E-state index contributed by atoms with van der Waals surface area (Å²) in [6.45, 7) is 3.21. The van der Waals surface area contributed by atoms with Gasteiger partial charge in [-0.05, 0) is 62.5 Å². The van der Waals surface area contributed by atoms with Gasteiger partial charge >= 0.3 is 0 Å². The minimum absolute atomic E-state index is 0.101. The van der Waals surface area contributed by atoms with Gasteiger partial charge in [0.1, 0.15) is 5.82 Å². The van der Waals surface area contributed by atoms with Gasteiger partial charge < -0.3 is 5.32 Å². The fourth-order valence-electron chi connectivity index (χ4n) is 3.79. The molecule has 0 bridgehead atoms. The van der Waals surface area contributed by atoms with Crippen molar-refractivity contribution in [2.45, 2.75) is 37.6 Å². The molecule has 0 spiro atoms. The molecular weight excluding hydrogens is 315 g/mol. The first-order valence-electron chi connectivity index (χ1n) is 9.05. The molecule has 0 aromatic heterocycles. The van der Waals surface area contributed by atoms with Crippen molar-refractivity contribution in [1.82, 2.24) is 4.90 Å². The Morgan fingerprint density at radius 1 is 1.08 bits per heavy atom. The standard InChI is InChI=1S/C21H23FN2O/c22-19-9-2-1-8-18(19)21(10-11-21)20(25)23-17-7-5-6-16(14-17)15-24-12-3-4-13-24/h1-2,5-9,14H,3-4,10-13,15H2,(H,23,25). The number of hydrogen-bond acceptors (Lipinski definition) is 2. The maximum absolute atomic E-state index is 14.1. The molecule has 3 nitrogen and oxygen atoms in total. The second-order valence-corrected chi connectivity index (χ2v) is 7.20. The molecule has 1 N–H and O–H groups in total. The van der Waals surface area contributed by atoms with E-state index in [4.69, 9.17) is 0 Å². The van der Waals surface area contributed by atoms with Crippen LogP contribution in [0.15, 0.2) is 48.5 Å². The van der Waals surface area contributed by atoms with E-state index < -0.39 is 5.41 Å². The van der Waals surface area contributed by atoms with E-state index in [1.807, 2.05) is 18.2 Å². The number of nitrogens with one attached hydrogen (secondary N) is 1. The van der Waals surface area contributed by atoms with Crippen LogP contribution in [0.4, 0.5) is 10.1 Å². The van der Waals surface area contributed by atoms with Gasteiger partial charge in [-0.25, -0.2) is 4.39 Å². The van der Waals surface area contributed by atoms with Crippen molar-refractivity contribution in [2.75, 3.05) is 18.4 Å². The molecule has 1 amide bonds. The Kier molecular flexibility index (Phi) is 4.30. The highest BCUT2D eigenvalue weighted by Gasteiger charge is 2.52. The third kappa shape index (κ3) is 3.31. The lowest BCUT2D eigenvalue weighted by molar-refractivity contribution is -0.118. The third-order valence-electron chi connectivity index (χ3n) is 5.36. The summed E-state index contributed by atoms with van der Waals surface area (Å²) >= 11 is 0. The van der Waals surface area contributed by atoms with Gasteiger partial charge in [-0.2, -0.15) is 0 Å². The summed E-state index contributed by atoms with van der Waals surface area (Å²) in [6.07, 6.45) is 3.93. The van der Waals surface area contributed by atoms with Gasteiger partial charge in [0.2, 0.25) is 5.91 Å². The number of benzene rings is 2. The van der Waals surface area contributed by atoms with Crippen molar-refractivity contribution in [3.8, 4) is 0 Å². The van der Waals surface area contributed by atoms with Crippen LogP contribution in [0.1, 0.15) is 36.8 Å². The summed E-state index contributed by atoms with van der Waals surface area (Å²) in [5.74, 6) is -0.395. The Morgan fingerprint density at radius 3 is 2.56 bits per heavy atom. The Bertz CT molecular complexity index is 779. The minimum atomic E-state index is -0.698. The van der Waals surface area contributed by atoms with E-state index in [-0.39, 0.29) is 11.7 Å². The van der Waals surface area contributed by atoms with Crippen LogP contribution < -0.4 is 5.32 Å². The minimum Gasteiger partial charge on any atom is -0.325 e.